The number of rotatable bonds is 7. The summed E-state index contributed by atoms with van der Waals surface area (Å²) in [6.07, 6.45) is 4.25. The highest BCUT2D eigenvalue weighted by Crippen LogP contribution is 2.41. The molecule has 2 amide bonds. The number of carbonyl (C=O) groups is 3. The number of aromatic nitrogens is 1. The Balaban J connectivity index is 1.49. The number of aliphatic carboxylic acids is 1. The van der Waals surface area contributed by atoms with Crippen molar-refractivity contribution in [2.24, 2.45) is 5.16 Å². The van der Waals surface area contributed by atoms with E-state index in [1.165, 1.54) is 23.8 Å². The second-order valence-corrected chi connectivity index (χ2v) is 10.3. The number of amides is 2. The number of hydrogen-bond donors (Lipinski definition) is 3. The summed E-state index contributed by atoms with van der Waals surface area (Å²) < 4.78 is 0.435. The molecule has 3 aliphatic heterocycles. The number of carbonyl (C=O) groups excluding carboxylic acids is 2. The van der Waals surface area contributed by atoms with E-state index in [0.717, 1.165) is 24.3 Å². The first-order valence-electron chi connectivity index (χ1n) is 10.4. The van der Waals surface area contributed by atoms with Crippen LogP contribution in [0, 0.1) is 0 Å². The van der Waals surface area contributed by atoms with Crippen LogP contribution < -0.4 is 11.1 Å². The molecule has 1 aromatic rings. The summed E-state index contributed by atoms with van der Waals surface area (Å²) in [5.41, 5.74) is 6.17. The normalized spacial score (nSPS) is 26.4. The van der Waals surface area contributed by atoms with Gasteiger partial charge in [-0.15, -0.1) is 23.1 Å². The topological polar surface area (TPSA) is 156 Å². The van der Waals surface area contributed by atoms with Gasteiger partial charge in [0.1, 0.15) is 42.6 Å². The van der Waals surface area contributed by atoms with Gasteiger partial charge in [-0.1, -0.05) is 11.2 Å². The van der Waals surface area contributed by atoms with E-state index in [0.29, 0.717) is 16.0 Å². The van der Waals surface area contributed by atoms with Crippen molar-refractivity contribution in [3.63, 3.8) is 0 Å². The molecule has 0 aliphatic carbocycles. The predicted octanol–water partition coefficient (Wildman–Crippen LogP) is 0.151. The third kappa shape index (κ3) is 4.66. The third-order valence-corrected chi connectivity index (χ3v) is 7.51. The van der Waals surface area contributed by atoms with Gasteiger partial charge in [0.15, 0.2) is 10.8 Å². The Kier molecular flexibility index (Phi) is 6.66. The number of carboxylic acids is 1. The van der Waals surface area contributed by atoms with Gasteiger partial charge in [0.05, 0.1) is 14.1 Å². The van der Waals surface area contributed by atoms with Gasteiger partial charge in [-0.3, -0.25) is 14.5 Å². The molecule has 3 atom stereocenters. The summed E-state index contributed by atoms with van der Waals surface area (Å²) in [7, 11) is 5.19. The smallest absolute Gasteiger partial charge is 0.352 e. The van der Waals surface area contributed by atoms with Gasteiger partial charge in [-0.25, -0.2) is 9.78 Å². The van der Waals surface area contributed by atoms with Crippen molar-refractivity contribution in [1.29, 1.82) is 0 Å². The fraction of sp³-hybridized carbons (Fsp3) is 0.450. The Morgan fingerprint density at radius 2 is 2.24 bits per heavy atom. The van der Waals surface area contributed by atoms with Crippen molar-refractivity contribution in [2.45, 2.75) is 23.9 Å². The van der Waals surface area contributed by atoms with Crippen LogP contribution in [-0.2, 0) is 24.1 Å². The summed E-state index contributed by atoms with van der Waals surface area (Å²) >= 11 is 2.51. The lowest BCUT2D eigenvalue weighted by atomic mass is 10.0. The molecule has 2 fully saturated rings. The average molecular weight is 510 g/mol. The minimum atomic E-state index is -1.20. The number of hydroxylamine groups is 3. The number of carboxylic acid groups (broad SMARTS) is 1. The van der Waals surface area contributed by atoms with E-state index in [9.17, 15) is 19.5 Å². The Morgan fingerprint density at radius 1 is 1.47 bits per heavy atom. The van der Waals surface area contributed by atoms with Crippen molar-refractivity contribution < 1.29 is 33.8 Å². The first-order chi connectivity index (χ1) is 16.1. The van der Waals surface area contributed by atoms with Crippen LogP contribution in [0.25, 0.3) is 0 Å². The van der Waals surface area contributed by atoms with E-state index < -0.39 is 29.2 Å². The zero-order valence-electron chi connectivity index (χ0n) is 18.8. The molecule has 1 aromatic heterocycles. The van der Waals surface area contributed by atoms with Crippen LogP contribution in [0.4, 0.5) is 5.13 Å². The number of nitrogen functional groups attached to an aromatic ring is 1. The van der Waals surface area contributed by atoms with Crippen molar-refractivity contribution in [2.75, 3.05) is 39.2 Å². The molecule has 34 heavy (non-hydrogen) atoms. The second kappa shape index (κ2) is 9.37. The van der Waals surface area contributed by atoms with Gasteiger partial charge >= 0.3 is 5.97 Å². The van der Waals surface area contributed by atoms with E-state index in [4.69, 9.17) is 15.4 Å². The standard InChI is InChI=1S/C20H24N6O6S2/c1-26(2)7-6-11(32-26)5-4-10-8-33-18-14(17(28)25(18)15(10)19(29)30)23-16(27)13(24-31-3)12-9-34-20(21)22-12/h4-5,9,11,14,18H,6-8H2,1-3H3,(H3-,21,22,23,27,29,30)/p+1/b5-4+,24-13-/t11?,14-,18-/m1/s1. The van der Waals surface area contributed by atoms with Crippen LogP contribution >= 0.6 is 23.1 Å². The van der Waals surface area contributed by atoms with Crippen LogP contribution in [0.2, 0.25) is 0 Å². The lowest BCUT2D eigenvalue weighted by Gasteiger charge is -2.49. The van der Waals surface area contributed by atoms with Gasteiger partial charge in [-0.2, -0.15) is 9.48 Å². The summed E-state index contributed by atoms with van der Waals surface area (Å²) in [4.78, 5) is 53.6. The largest absolute Gasteiger partial charge is 0.477 e. The lowest BCUT2D eigenvalue weighted by Crippen LogP contribution is -2.71. The van der Waals surface area contributed by atoms with Gasteiger partial charge in [-0.05, 0) is 11.6 Å². The number of oxime groups is 1. The molecule has 4 N–H and O–H groups in total. The molecule has 3 aliphatic rings. The average Bonchev–Trinajstić information content (AvgIpc) is 3.37. The van der Waals surface area contributed by atoms with E-state index in [1.54, 1.807) is 11.5 Å². The third-order valence-electron chi connectivity index (χ3n) is 5.53. The Labute approximate surface area is 203 Å². The van der Waals surface area contributed by atoms with E-state index in [2.05, 4.69) is 15.5 Å². The number of thiazole rings is 1. The number of hydrogen-bond acceptors (Lipinski definition) is 10. The quantitative estimate of drug-likeness (QED) is 0.201. The van der Waals surface area contributed by atoms with Crippen molar-refractivity contribution >= 4 is 51.7 Å². The maximum absolute atomic E-state index is 12.9. The van der Waals surface area contributed by atoms with Gasteiger partial charge in [0.2, 0.25) is 0 Å². The Morgan fingerprint density at radius 3 is 2.82 bits per heavy atom. The fourth-order valence-corrected chi connectivity index (χ4v) is 5.80. The SMILES string of the molecule is CO/N=C(\C(=O)N[C@@H]1C(=O)N2C(C(=O)O)=C(/C=C/C3CC[N+](C)(C)O3)CS[C@H]12)c1csc(N)n1. The van der Waals surface area contributed by atoms with Crippen LogP contribution in [0.1, 0.15) is 12.1 Å². The number of fused-ring (bicyclic) bond motifs is 1. The first-order valence-corrected chi connectivity index (χ1v) is 12.3. The van der Waals surface area contributed by atoms with Gasteiger partial charge in [0.25, 0.3) is 11.8 Å². The maximum Gasteiger partial charge on any atom is 0.352 e. The Bertz CT molecular complexity index is 1110. The predicted molar refractivity (Wildman–Crippen MR) is 125 cm³/mol. The Hall–Kier alpha value is -2.94. The molecule has 4 heterocycles. The van der Waals surface area contributed by atoms with Crippen LogP contribution in [0.3, 0.4) is 0 Å². The van der Waals surface area contributed by atoms with Crippen LogP contribution in [0.15, 0.2) is 34.0 Å². The number of nitrogens with zero attached hydrogens (tertiary/aromatic N) is 4. The van der Waals surface area contributed by atoms with Gasteiger partial charge in [0, 0.05) is 17.6 Å². The number of nitrogens with two attached hydrogens (primary N) is 1. The number of thioether (sulfide) groups is 1. The molecule has 12 nitrogen and oxygen atoms in total. The number of β-lactam (4-membered cyclic amide) rings is 1. The minimum Gasteiger partial charge on any atom is -0.477 e. The molecule has 2 saturated heterocycles. The number of allylic oxidation sites excluding steroid dienone is 1. The lowest BCUT2D eigenvalue weighted by molar-refractivity contribution is -1.06. The van der Waals surface area contributed by atoms with E-state index >= 15 is 0 Å². The zero-order chi connectivity index (χ0) is 24.6. The van der Waals surface area contributed by atoms with Crippen LogP contribution in [-0.4, -0.2) is 94.2 Å². The van der Waals surface area contributed by atoms with Gasteiger partial charge < -0.3 is 21.0 Å². The molecule has 14 heteroatoms. The molecule has 0 aromatic carbocycles. The van der Waals surface area contributed by atoms with Crippen molar-refractivity contribution in [1.82, 2.24) is 15.2 Å². The monoisotopic (exact) mass is 509 g/mol. The molecule has 182 valence electrons. The summed E-state index contributed by atoms with van der Waals surface area (Å²) in [6.45, 7) is 0.852. The molecule has 4 rings (SSSR count). The second-order valence-electron chi connectivity index (χ2n) is 8.32. The minimum absolute atomic E-state index is 0.0831. The number of quaternary nitrogens is 1. The molecule has 0 radical (unpaired) electrons. The molecule has 0 bridgehead atoms. The van der Waals surface area contributed by atoms with Crippen molar-refractivity contribution in [3.8, 4) is 0 Å². The highest BCUT2D eigenvalue weighted by atomic mass is 32.2. The summed E-state index contributed by atoms with van der Waals surface area (Å²) in [6, 6.07) is -0.910. The zero-order valence-corrected chi connectivity index (χ0v) is 20.4. The molecule has 1 unspecified atom stereocenters. The van der Waals surface area contributed by atoms with E-state index in [1.807, 2.05) is 20.2 Å². The molecule has 0 saturated carbocycles. The first kappa shape index (κ1) is 24.2. The number of nitrogens with one attached hydrogen (secondary N) is 1. The van der Waals surface area contributed by atoms with E-state index in [-0.39, 0.29) is 28.3 Å². The fourth-order valence-electron chi connectivity index (χ4n) is 3.94. The molecule has 0 spiro atoms. The molecular weight excluding hydrogens is 484 g/mol. The summed E-state index contributed by atoms with van der Waals surface area (Å²) in [5.74, 6) is -2.02. The highest BCUT2D eigenvalue weighted by molar-refractivity contribution is 8.00. The number of anilines is 1. The summed E-state index contributed by atoms with van der Waals surface area (Å²) in [5, 5.41) is 17.4. The highest BCUT2D eigenvalue weighted by Gasteiger charge is 2.54. The molecular formula is C20H25N6O6S2+. The maximum atomic E-state index is 12.9. The van der Waals surface area contributed by atoms with Crippen molar-refractivity contribution in [3.05, 3.63) is 34.5 Å². The van der Waals surface area contributed by atoms with Crippen LogP contribution in [0.5, 0.6) is 0 Å².